The highest BCUT2D eigenvalue weighted by Crippen LogP contribution is 2.22. The molecule has 0 fully saturated rings. The van der Waals surface area contributed by atoms with Crippen molar-refractivity contribution in [2.75, 3.05) is 26.0 Å². The molecule has 0 radical (unpaired) electrons. The summed E-state index contributed by atoms with van der Waals surface area (Å²) >= 11 is 7.86. The van der Waals surface area contributed by atoms with Crippen LogP contribution in [0.2, 0.25) is 5.02 Å². The van der Waals surface area contributed by atoms with Crippen molar-refractivity contribution in [2.24, 2.45) is 4.99 Å². The third-order valence-electron chi connectivity index (χ3n) is 3.31. The first-order valence-corrected chi connectivity index (χ1v) is 8.60. The number of halogens is 2. The average Bonchev–Trinajstić information content (AvgIpc) is 3.00. The molecule has 1 aromatic heterocycles. The van der Waals surface area contributed by atoms with Crippen LogP contribution in [0.3, 0.4) is 0 Å². The van der Waals surface area contributed by atoms with Gasteiger partial charge in [0, 0.05) is 31.5 Å². The molecule has 1 heterocycles. The van der Waals surface area contributed by atoms with E-state index in [9.17, 15) is 0 Å². The smallest absolute Gasteiger partial charge is 0.191 e. The summed E-state index contributed by atoms with van der Waals surface area (Å²) < 4.78 is 0. The van der Waals surface area contributed by atoms with E-state index in [-0.39, 0.29) is 30.0 Å². The Morgan fingerprint density at radius 1 is 1.38 bits per heavy atom. The highest BCUT2D eigenvalue weighted by atomic mass is 127. The molecule has 2 rings (SSSR count). The molecule has 132 valence electrons. The van der Waals surface area contributed by atoms with E-state index < -0.39 is 0 Å². The molecule has 0 bridgehead atoms. The maximum absolute atomic E-state index is 6.24. The summed E-state index contributed by atoms with van der Waals surface area (Å²) in [6, 6.07) is 7.87. The molecule has 0 saturated carbocycles. The van der Waals surface area contributed by atoms with Crippen LogP contribution in [0.4, 0.5) is 5.13 Å². The summed E-state index contributed by atoms with van der Waals surface area (Å²) in [6.07, 6.45) is 0. The Labute approximate surface area is 169 Å². The fraction of sp³-hybridized carbons (Fsp3) is 0.375. The first kappa shape index (κ1) is 21.0. The fourth-order valence-corrected chi connectivity index (χ4v) is 3.12. The molecule has 5 nitrogen and oxygen atoms in total. The zero-order chi connectivity index (χ0) is 16.8. The SMILES string of the molecule is CN=C(NCc1csc(N(C)C)n1)NC(C)c1ccccc1Cl.I. The number of thiazole rings is 1. The lowest BCUT2D eigenvalue weighted by Gasteiger charge is -2.19. The van der Waals surface area contributed by atoms with Gasteiger partial charge in [-0.1, -0.05) is 29.8 Å². The average molecular weight is 480 g/mol. The third-order valence-corrected chi connectivity index (χ3v) is 4.71. The number of nitrogens with one attached hydrogen (secondary N) is 2. The number of hydrogen-bond acceptors (Lipinski definition) is 4. The van der Waals surface area contributed by atoms with Gasteiger partial charge in [0.2, 0.25) is 0 Å². The largest absolute Gasteiger partial charge is 0.354 e. The van der Waals surface area contributed by atoms with Gasteiger partial charge in [0.25, 0.3) is 0 Å². The molecule has 8 heteroatoms. The molecule has 24 heavy (non-hydrogen) atoms. The number of guanidine groups is 1. The minimum absolute atomic E-state index is 0. The molecule has 1 unspecified atom stereocenters. The third kappa shape index (κ3) is 5.78. The van der Waals surface area contributed by atoms with Gasteiger partial charge in [0.1, 0.15) is 0 Å². The van der Waals surface area contributed by atoms with E-state index in [0.717, 1.165) is 27.4 Å². The monoisotopic (exact) mass is 479 g/mol. The van der Waals surface area contributed by atoms with Crippen LogP contribution in [0, 0.1) is 0 Å². The zero-order valence-corrected chi connectivity index (χ0v) is 18.1. The van der Waals surface area contributed by atoms with Crippen LogP contribution < -0.4 is 15.5 Å². The lowest BCUT2D eigenvalue weighted by atomic mass is 10.1. The van der Waals surface area contributed by atoms with E-state index in [1.807, 2.05) is 48.6 Å². The normalized spacial score (nSPS) is 12.3. The van der Waals surface area contributed by atoms with E-state index in [0.29, 0.717) is 6.54 Å². The van der Waals surface area contributed by atoms with E-state index in [2.05, 4.69) is 27.5 Å². The Morgan fingerprint density at radius 2 is 2.08 bits per heavy atom. The van der Waals surface area contributed by atoms with E-state index in [1.165, 1.54) is 0 Å². The summed E-state index contributed by atoms with van der Waals surface area (Å²) in [4.78, 5) is 10.8. The van der Waals surface area contributed by atoms with E-state index in [1.54, 1.807) is 18.4 Å². The molecule has 1 aromatic carbocycles. The highest BCUT2D eigenvalue weighted by molar-refractivity contribution is 14.0. The molecular weight excluding hydrogens is 457 g/mol. The highest BCUT2D eigenvalue weighted by Gasteiger charge is 2.11. The fourth-order valence-electron chi connectivity index (χ4n) is 2.06. The molecule has 2 N–H and O–H groups in total. The van der Waals surface area contributed by atoms with Gasteiger partial charge in [-0.3, -0.25) is 4.99 Å². The molecule has 1 atom stereocenters. The van der Waals surface area contributed by atoms with Gasteiger partial charge in [-0.05, 0) is 18.6 Å². The quantitative estimate of drug-likeness (QED) is 0.388. The number of aromatic nitrogens is 1. The van der Waals surface area contributed by atoms with Crippen molar-refractivity contribution in [3.8, 4) is 0 Å². The lowest BCUT2D eigenvalue weighted by Crippen LogP contribution is -2.38. The van der Waals surface area contributed by atoms with Crippen LogP contribution in [0.1, 0.15) is 24.2 Å². The van der Waals surface area contributed by atoms with Crippen molar-refractivity contribution in [3.63, 3.8) is 0 Å². The Kier molecular flexibility index (Phi) is 8.79. The first-order valence-electron chi connectivity index (χ1n) is 7.34. The maximum Gasteiger partial charge on any atom is 0.191 e. The molecule has 0 amide bonds. The standard InChI is InChI=1S/C16H22ClN5S.HI/c1-11(13-7-5-6-8-14(13)17)20-15(18-2)19-9-12-10-23-16(21-12)22(3)4;/h5-8,10-11H,9H2,1-4H3,(H2,18,19,20);1H. The summed E-state index contributed by atoms with van der Waals surface area (Å²) in [7, 11) is 5.73. The second-order valence-electron chi connectivity index (χ2n) is 5.33. The molecular formula is C16H23ClIN5S. The Hall–Kier alpha value is -1.06. The zero-order valence-electron chi connectivity index (χ0n) is 14.2. The summed E-state index contributed by atoms with van der Waals surface area (Å²) in [6.45, 7) is 2.68. The Morgan fingerprint density at radius 3 is 2.67 bits per heavy atom. The molecule has 2 aromatic rings. The molecule has 0 saturated heterocycles. The molecule has 0 aliphatic heterocycles. The van der Waals surface area contributed by atoms with Gasteiger partial charge in [-0.2, -0.15) is 0 Å². The number of rotatable bonds is 5. The van der Waals surface area contributed by atoms with Crippen LogP contribution >= 0.6 is 46.9 Å². The summed E-state index contributed by atoms with van der Waals surface area (Å²) in [5.74, 6) is 0.719. The van der Waals surface area contributed by atoms with E-state index >= 15 is 0 Å². The number of anilines is 1. The van der Waals surface area contributed by atoms with Gasteiger partial charge in [0.15, 0.2) is 11.1 Å². The van der Waals surface area contributed by atoms with Crippen molar-refractivity contribution in [1.29, 1.82) is 0 Å². The van der Waals surface area contributed by atoms with Crippen LogP contribution in [-0.2, 0) is 6.54 Å². The van der Waals surface area contributed by atoms with Gasteiger partial charge in [-0.25, -0.2) is 4.98 Å². The van der Waals surface area contributed by atoms with Gasteiger partial charge < -0.3 is 15.5 Å². The second kappa shape index (κ2) is 10.0. The predicted octanol–water partition coefficient (Wildman–Crippen LogP) is 3.91. The van der Waals surface area contributed by atoms with Crippen LogP contribution in [0.15, 0.2) is 34.6 Å². The predicted molar refractivity (Wildman–Crippen MR) is 115 cm³/mol. The summed E-state index contributed by atoms with van der Waals surface area (Å²) in [5, 5.41) is 10.4. The summed E-state index contributed by atoms with van der Waals surface area (Å²) in [5.41, 5.74) is 2.03. The van der Waals surface area contributed by atoms with E-state index in [4.69, 9.17) is 11.6 Å². The van der Waals surface area contributed by atoms with Crippen molar-refractivity contribution in [1.82, 2.24) is 15.6 Å². The Bertz CT molecular complexity index is 674. The Balaban J connectivity index is 0.00000288. The minimum atomic E-state index is 0. The lowest BCUT2D eigenvalue weighted by molar-refractivity contribution is 0.683. The first-order chi connectivity index (χ1) is 11.0. The van der Waals surface area contributed by atoms with Crippen molar-refractivity contribution in [3.05, 3.63) is 45.9 Å². The van der Waals surface area contributed by atoms with Crippen LogP contribution in [0.25, 0.3) is 0 Å². The molecule has 0 spiro atoms. The molecule has 0 aliphatic carbocycles. The number of benzene rings is 1. The number of nitrogens with zero attached hydrogens (tertiary/aromatic N) is 3. The van der Waals surface area contributed by atoms with Crippen molar-refractivity contribution in [2.45, 2.75) is 19.5 Å². The minimum Gasteiger partial charge on any atom is -0.354 e. The number of hydrogen-bond donors (Lipinski definition) is 2. The molecule has 0 aliphatic rings. The number of aliphatic imine (C=N–C) groups is 1. The van der Waals surface area contributed by atoms with Gasteiger partial charge in [-0.15, -0.1) is 35.3 Å². The van der Waals surface area contributed by atoms with Crippen molar-refractivity contribution < 1.29 is 0 Å². The maximum atomic E-state index is 6.24. The van der Waals surface area contributed by atoms with Gasteiger partial charge >= 0.3 is 0 Å². The van der Waals surface area contributed by atoms with Crippen molar-refractivity contribution >= 4 is 58.0 Å². The van der Waals surface area contributed by atoms with Gasteiger partial charge in [0.05, 0.1) is 18.3 Å². The topological polar surface area (TPSA) is 52.6 Å². The van der Waals surface area contributed by atoms with Crippen LogP contribution in [-0.4, -0.2) is 32.1 Å². The van der Waals surface area contributed by atoms with Crippen LogP contribution in [0.5, 0.6) is 0 Å². The second-order valence-corrected chi connectivity index (χ2v) is 6.57.